The molecule has 4 N–H and O–H groups in total. The van der Waals surface area contributed by atoms with Crippen molar-refractivity contribution in [3.05, 3.63) is 77.9 Å². The highest BCUT2D eigenvalue weighted by Crippen LogP contribution is 2.44. The van der Waals surface area contributed by atoms with E-state index in [-0.39, 0.29) is 25.4 Å². The second-order valence-corrected chi connectivity index (χ2v) is 8.52. The van der Waals surface area contributed by atoms with Gasteiger partial charge in [0.15, 0.2) is 0 Å². The van der Waals surface area contributed by atoms with Crippen LogP contribution in [-0.4, -0.2) is 51.7 Å². The van der Waals surface area contributed by atoms with Crippen molar-refractivity contribution < 1.29 is 24.2 Å². The van der Waals surface area contributed by atoms with E-state index in [1.165, 1.54) is 6.33 Å². The summed E-state index contributed by atoms with van der Waals surface area (Å²) in [5.41, 5.74) is 5.08. The van der Waals surface area contributed by atoms with Crippen LogP contribution < -0.4 is 10.6 Å². The topological polar surface area (TPSA) is 133 Å². The summed E-state index contributed by atoms with van der Waals surface area (Å²) in [5, 5.41) is 14.4. The first kappa shape index (κ1) is 24.0. The van der Waals surface area contributed by atoms with Gasteiger partial charge in [-0.2, -0.15) is 0 Å². The fraction of sp³-hybridized carbons (Fsp3) is 0.308. The zero-order chi connectivity index (χ0) is 24.8. The Morgan fingerprint density at radius 1 is 1.06 bits per heavy atom. The number of carboxylic acids is 1. The molecule has 0 fully saturated rings. The molecule has 1 heterocycles. The van der Waals surface area contributed by atoms with Gasteiger partial charge in [0, 0.05) is 30.3 Å². The Kier molecular flexibility index (Phi) is 7.45. The molecule has 0 radical (unpaired) electrons. The van der Waals surface area contributed by atoms with Crippen LogP contribution in [0.25, 0.3) is 11.1 Å². The summed E-state index contributed by atoms with van der Waals surface area (Å²) in [6, 6.07) is 14.6. The van der Waals surface area contributed by atoms with Gasteiger partial charge in [-0.3, -0.25) is 9.59 Å². The third kappa shape index (κ3) is 5.68. The minimum absolute atomic E-state index is 0.104. The first-order chi connectivity index (χ1) is 17.0. The minimum Gasteiger partial charge on any atom is -0.481 e. The molecule has 1 aliphatic carbocycles. The SMILES string of the molecule is CCC(CC(=O)O)NC(=O)[C@@H](Cc1cnc[nH]1)NC(=O)OCC1c2ccccc2-c2ccccc21. The fourth-order valence-corrected chi connectivity index (χ4v) is 4.42. The van der Waals surface area contributed by atoms with Gasteiger partial charge in [-0.1, -0.05) is 55.5 Å². The van der Waals surface area contributed by atoms with E-state index in [0.717, 1.165) is 22.3 Å². The van der Waals surface area contributed by atoms with Crippen molar-refractivity contribution in [1.82, 2.24) is 20.6 Å². The van der Waals surface area contributed by atoms with Gasteiger partial charge >= 0.3 is 12.1 Å². The highest BCUT2D eigenvalue weighted by molar-refractivity contribution is 5.86. The molecule has 35 heavy (non-hydrogen) atoms. The molecule has 182 valence electrons. The highest BCUT2D eigenvalue weighted by atomic mass is 16.5. The summed E-state index contributed by atoms with van der Waals surface area (Å²) in [7, 11) is 0. The molecule has 9 heteroatoms. The average Bonchev–Trinajstić information content (AvgIpc) is 3.47. The predicted molar refractivity (Wildman–Crippen MR) is 129 cm³/mol. The number of amides is 2. The smallest absolute Gasteiger partial charge is 0.407 e. The standard InChI is InChI=1S/C26H28N4O5/c1-2-16(12-24(31)32)29-25(33)23(11-17-13-27-15-28-17)30-26(34)35-14-22-20-9-5-3-7-18(20)19-8-4-6-10-21(19)22/h3-10,13,15-16,22-23H,2,11-12,14H2,1H3,(H,27,28)(H,29,33)(H,30,34)(H,31,32)/t16?,23-/m1/s1. The summed E-state index contributed by atoms with van der Waals surface area (Å²) < 4.78 is 5.59. The molecule has 2 amide bonds. The van der Waals surface area contributed by atoms with Gasteiger partial charge < -0.3 is 25.5 Å². The number of nitrogens with zero attached hydrogens (tertiary/aromatic N) is 1. The van der Waals surface area contributed by atoms with E-state index in [9.17, 15) is 14.4 Å². The van der Waals surface area contributed by atoms with Crippen molar-refractivity contribution in [2.24, 2.45) is 0 Å². The van der Waals surface area contributed by atoms with Gasteiger partial charge in [0.1, 0.15) is 12.6 Å². The molecule has 2 atom stereocenters. The van der Waals surface area contributed by atoms with Crippen molar-refractivity contribution in [3.63, 3.8) is 0 Å². The monoisotopic (exact) mass is 476 g/mol. The third-order valence-electron chi connectivity index (χ3n) is 6.19. The van der Waals surface area contributed by atoms with Crippen LogP contribution in [0.5, 0.6) is 0 Å². The second-order valence-electron chi connectivity index (χ2n) is 8.52. The quantitative estimate of drug-likeness (QED) is 0.355. The molecule has 0 saturated heterocycles. The van der Waals surface area contributed by atoms with Crippen LogP contribution in [0, 0.1) is 0 Å². The maximum atomic E-state index is 12.9. The highest BCUT2D eigenvalue weighted by Gasteiger charge is 2.30. The van der Waals surface area contributed by atoms with Gasteiger partial charge in [-0.15, -0.1) is 0 Å². The number of carbonyl (C=O) groups is 3. The Labute approximate surface area is 202 Å². The minimum atomic E-state index is -1.01. The summed E-state index contributed by atoms with van der Waals surface area (Å²) in [5.74, 6) is -1.60. The van der Waals surface area contributed by atoms with Crippen LogP contribution >= 0.6 is 0 Å². The van der Waals surface area contributed by atoms with E-state index < -0.39 is 30.1 Å². The van der Waals surface area contributed by atoms with Gasteiger partial charge in [-0.25, -0.2) is 9.78 Å². The van der Waals surface area contributed by atoms with Crippen LogP contribution in [0.15, 0.2) is 61.1 Å². The number of aromatic nitrogens is 2. The second kappa shape index (κ2) is 10.9. The molecule has 0 saturated carbocycles. The number of alkyl carbamates (subject to hydrolysis) is 1. The number of carboxylic acid groups (broad SMARTS) is 1. The van der Waals surface area contributed by atoms with Crippen LogP contribution in [0.3, 0.4) is 0 Å². The number of rotatable bonds is 10. The Balaban J connectivity index is 1.43. The predicted octanol–water partition coefficient (Wildman–Crippen LogP) is 3.23. The first-order valence-electron chi connectivity index (χ1n) is 11.6. The van der Waals surface area contributed by atoms with Gasteiger partial charge in [0.05, 0.1) is 12.7 Å². The molecular formula is C26H28N4O5. The number of nitrogens with one attached hydrogen (secondary N) is 3. The Hall–Kier alpha value is -4.14. The van der Waals surface area contributed by atoms with Crippen molar-refractivity contribution in [2.75, 3.05) is 6.61 Å². The number of ether oxygens (including phenoxy) is 1. The number of hydrogen-bond donors (Lipinski definition) is 4. The summed E-state index contributed by atoms with van der Waals surface area (Å²) in [4.78, 5) is 43.7. The Bertz CT molecular complexity index is 1150. The molecule has 2 aromatic carbocycles. The zero-order valence-electron chi connectivity index (χ0n) is 19.4. The zero-order valence-corrected chi connectivity index (χ0v) is 19.4. The van der Waals surface area contributed by atoms with E-state index in [1.54, 1.807) is 13.1 Å². The lowest BCUT2D eigenvalue weighted by atomic mass is 9.98. The van der Waals surface area contributed by atoms with Gasteiger partial charge in [0.25, 0.3) is 0 Å². The molecule has 0 bridgehead atoms. The lowest BCUT2D eigenvalue weighted by Gasteiger charge is -2.22. The number of H-pyrrole nitrogens is 1. The first-order valence-corrected chi connectivity index (χ1v) is 11.6. The number of fused-ring (bicyclic) bond motifs is 3. The lowest BCUT2D eigenvalue weighted by Crippen LogP contribution is -2.51. The number of aromatic amines is 1. The van der Waals surface area contributed by atoms with Crippen molar-refractivity contribution >= 4 is 18.0 Å². The Morgan fingerprint density at radius 2 is 1.71 bits per heavy atom. The van der Waals surface area contributed by atoms with Crippen LogP contribution in [-0.2, 0) is 20.7 Å². The van der Waals surface area contributed by atoms with Crippen molar-refractivity contribution in [2.45, 2.75) is 44.2 Å². The van der Waals surface area contributed by atoms with Crippen molar-refractivity contribution in [3.8, 4) is 11.1 Å². The molecular weight excluding hydrogens is 448 g/mol. The van der Waals surface area contributed by atoms with Crippen LogP contribution in [0.2, 0.25) is 0 Å². The molecule has 1 unspecified atom stereocenters. The number of carbonyl (C=O) groups excluding carboxylic acids is 2. The largest absolute Gasteiger partial charge is 0.481 e. The molecule has 9 nitrogen and oxygen atoms in total. The van der Waals surface area contributed by atoms with Crippen molar-refractivity contribution in [1.29, 1.82) is 0 Å². The van der Waals surface area contributed by atoms with E-state index in [2.05, 4.69) is 32.7 Å². The van der Waals surface area contributed by atoms with E-state index in [1.807, 2.05) is 36.4 Å². The number of imidazole rings is 1. The maximum Gasteiger partial charge on any atom is 0.407 e. The number of aliphatic carboxylic acids is 1. The normalized spacial score (nSPS) is 13.9. The lowest BCUT2D eigenvalue weighted by molar-refractivity contribution is -0.137. The molecule has 4 rings (SSSR count). The van der Waals surface area contributed by atoms with Gasteiger partial charge in [-0.05, 0) is 28.7 Å². The summed E-state index contributed by atoms with van der Waals surface area (Å²) >= 11 is 0. The maximum absolute atomic E-state index is 12.9. The van der Waals surface area contributed by atoms with Crippen LogP contribution in [0.4, 0.5) is 4.79 Å². The number of benzene rings is 2. The molecule has 3 aromatic rings. The van der Waals surface area contributed by atoms with E-state index in [4.69, 9.17) is 9.84 Å². The Morgan fingerprint density at radius 3 is 2.29 bits per heavy atom. The molecule has 1 aromatic heterocycles. The third-order valence-corrected chi connectivity index (χ3v) is 6.19. The molecule has 1 aliphatic rings. The van der Waals surface area contributed by atoms with Gasteiger partial charge in [0.2, 0.25) is 5.91 Å². The molecule has 0 spiro atoms. The fourth-order valence-electron chi connectivity index (χ4n) is 4.42. The summed E-state index contributed by atoms with van der Waals surface area (Å²) in [6.45, 7) is 1.91. The molecule has 0 aliphatic heterocycles. The van der Waals surface area contributed by atoms with Crippen LogP contribution in [0.1, 0.15) is 42.5 Å². The number of hydrogen-bond acceptors (Lipinski definition) is 5. The summed E-state index contributed by atoms with van der Waals surface area (Å²) in [6.07, 6.45) is 2.71. The van der Waals surface area contributed by atoms with E-state index >= 15 is 0 Å². The van der Waals surface area contributed by atoms with E-state index in [0.29, 0.717) is 12.1 Å². The average molecular weight is 477 g/mol.